The lowest BCUT2D eigenvalue weighted by molar-refractivity contribution is 0.340. The Kier molecular flexibility index (Phi) is 9.23. The minimum absolute atomic E-state index is 0.371. The highest BCUT2D eigenvalue weighted by molar-refractivity contribution is 9.10. The van der Waals surface area contributed by atoms with Gasteiger partial charge in [-0.25, -0.2) is 8.78 Å². The van der Waals surface area contributed by atoms with Crippen molar-refractivity contribution in [3.63, 3.8) is 0 Å². The molecule has 12 heteroatoms. The molecule has 4 aromatic carbocycles. The summed E-state index contributed by atoms with van der Waals surface area (Å²) in [5.74, 6) is 0.942. The Bertz CT molecular complexity index is 2240. The molecule has 0 bridgehead atoms. The predicted molar refractivity (Wildman–Crippen MR) is 211 cm³/mol. The third-order valence-electron chi connectivity index (χ3n) is 8.92. The van der Waals surface area contributed by atoms with E-state index in [-0.39, 0.29) is 11.6 Å². The molecule has 1 aliphatic rings. The molecular formula is C38H33BrF2N2O3P2S2. The molecule has 256 valence electrons. The molecule has 0 radical (unpaired) electrons. The van der Waals surface area contributed by atoms with E-state index in [1.807, 2.05) is 83.1 Å². The minimum atomic E-state index is -3.22. The molecule has 0 N–H and O–H groups in total. The summed E-state index contributed by atoms with van der Waals surface area (Å²) < 4.78 is 53.4. The number of halogens is 3. The van der Waals surface area contributed by atoms with E-state index in [9.17, 15) is 8.78 Å². The number of nitrogens with zero attached hydrogens (tertiary/aromatic N) is 2. The smallest absolute Gasteiger partial charge is 0.176 e. The van der Waals surface area contributed by atoms with Crippen LogP contribution in [-0.4, -0.2) is 15.7 Å². The predicted octanol–water partition coefficient (Wildman–Crippen LogP) is 9.10. The summed E-state index contributed by atoms with van der Waals surface area (Å²) in [6, 6.07) is 27.9. The number of rotatable bonds is 8. The Balaban J connectivity index is 1.58. The molecular weight excluding hydrogens is 776 g/mol. The first kappa shape index (κ1) is 34.9. The molecule has 3 heterocycles. The molecule has 0 amide bonds. The molecule has 0 saturated carbocycles. The van der Waals surface area contributed by atoms with Gasteiger partial charge in [0.2, 0.25) is 0 Å². The third kappa shape index (κ3) is 5.70. The van der Waals surface area contributed by atoms with Crippen molar-refractivity contribution in [3.05, 3.63) is 136 Å². The molecule has 1 aliphatic heterocycles. The molecule has 2 atom stereocenters. The topological polar surface area (TPSA) is 37.5 Å². The van der Waals surface area contributed by atoms with Crippen LogP contribution in [0.4, 0.5) is 8.78 Å². The van der Waals surface area contributed by atoms with Gasteiger partial charge in [0.05, 0.1) is 27.8 Å². The second-order valence-electron chi connectivity index (χ2n) is 12.0. The summed E-state index contributed by atoms with van der Waals surface area (Å²) in [5.41, 5.74) is 5.37. The summed E-state index contributed by atoms with van der Waals surface area (Å²) in [7, 11) is 0. The van der Waals surface area contributed by atoms with E-state index in [1.54, 1.807) is 24.3 Å². The van der Waals surface area contributed by atoms with Gasteiger partial charge in [-0.2, -0.15) is 0 Å². The van der Waals surface area contributed by atoms with Gasteiger partial charge in [-0.15, -0.1) is 0 Å². The molecule has 0 spiro atoms. The average molecular weight is 810 g/mol. The first-order chi connectivity index (χ1) is 23.9. The molecule has 50 heavy (non-hydrogen) atoms. The van der Waals surface area contributed by atoms with E-state index in [4.69, 9.17) is 37.4 Å². The molecule has 7 rings (SSSR count). The lowest BCUT2D eigenvalue weighted by atomic mass is 10.3. The Morgan fingerprint density at radius 3 is 1.20 bits per heavy atom. The summed E-state index contributed by atoms with van der Waals surface area (Å²) in [6.07, 6.45) is -6.45. The van der Waals surface area contributed by atoms with Crippen LogP contribution in [0.15, 0.2) is 102 Å². The highest BCUT2D eigenvalue weighted by atomic mass is 79.9. The summed E-state index contributed by atoms with van der Waals surface area (Å²) >= 11 is 17.3. The van der Waals surface area contributed by atoms with Gasteiger partial charge in [0.1, 0.15) is 28.9 Å². The Hall–Kier alpha value is -3.52. The monoisotopic (exact) mass is 808 g/mol. The fraction of sp³-hybridized carbons (Fsp3) is 0.158. The molecule has 0 saturated heterocycles. The van der Waals surface area contributed by atoms with Gasteiger partial charge in [-0.3, -0.25) is 0 Å². The van der Waals surface area contributed by atoms with Crippen molar-refractivity contribution >= 4 is 73.3 Å². The first-order valence-corrected chi connectivity index (χ1v) is 22.2. The van der Waals surface area contributed by atoms with E-state index in [0.717, 1.165) is 65.6 Å². The highest BCUT2D eigenvalue weighted by Crippen LogP contribution is 2.60. The van der Waals surface area contributed by atoms with Gasteiger partial charge in [0, 0.05) is 38.6 Å². The van der Waals surface area contributed by atoms with Gasteiger partial charge < -0.3 is 22.9 Å². The second kappa shape index (κ2) is 13.2. The van der Waals surface area contributed by atoms with Crippen molar-refractivity contribution in [2.45, 2.75) is 34.6 Å². The van der Waals surface area contributed by atoms with Crippen LogP contribution in [0.2, 0.25) is 0 Å². The molecule has 5 nitrogen and oxygen atoms in total. The van der Waals surface area contributed by atoms with Crippen molar-refractivity contribution < 1.29 is 22.6 Å². The van der Waals surface area contributed by atoms with Crippen LogP contribution in [0, 0.1) is 39.3 Å². The van der Waals surface area contributed by atoms with Gasteiger partial charge in [0.15, 0.2) is 12.5 Å². The fourth-order valence-electron chi connectivity index (χ4n) is 6.94. The van der Waals surface area contributed by atoms with Gasteiger partial charge in [-0.05, 0) is 155 Å². The Morgan fingerprint density at radius 1 is 0.540 bits per heavy atom. The molecule has 0 fully saturated rings. The van der Waals surface area contributed by atoms with Crippen LogP contribution in [0.5, 0.6) is 17.2 Å². The minimum Gasteiger partial charge on any atom is -0.494 e. The maximum Gasteiger partial charge on any atom is 0.176 e. The normalized spacial score (nSPS) is 18.0. The van der Waals surface area contributed by atoms with Crippen molar-refractivity contribution in [1.82, 2.24) is 9.13 Å². The molecule has 2 unspecified atom stereocenters. The number of aromatic nitrogens is 2. The number of ether oxygens (including phenoxy) is 1. The molecule has 2 aromatic heterocycles. The fourth-order valence-corrected chi connectivity index (χ4v) is 18.4. The van der Waals surface area contributed by atoms with Gasteiger partial charge in [0.25, 0.3) is 0 Å². The van der Waals surface area contributed by atoms with Crippen LogP contribution < -0.4 is 35.0 Å². The SMILES string of the molecule is CCOc1ccc(-n2c(C)c3c(c2C)P(=S)(Oc2ccc(F)cc2)c2c(c(C)n(-c4ccc(Br)cc4)c2C)P3(=S)Oc2ccc(F)cc2)cc1. The maximum atomic E-state index is 14.2. The number of benzene rings is 4. The van der Waals surface area contributed by atoms with Gasteiger partial charge in [-0.1, -0.05) is 15.9 Å². The summed E-state index contributed by atoms with van der Waals surface area (Å²) in [4.78, 5) is 0. The zero-order valence-corrected chi connectivity index (χ0v) is 32.9. The van der Waals surface area contributed by atoms with E-state index < -0.39 is 12.5 Å². The van der Waals surface area contributed by atoms with Crippen molar-refractivity contribution in [2.24, 2.45) is 0 Å². The first-order valence-electron chi connectivity index (χ1n) is 15.9. The van der Waals surface area contributed by atoms with Crippen LogP contribution >= 0.6 is 28.5 Å². The van der Waals surface area contributed by atoms with Gasteiger partial charge >= 0.3 is 0 Å². The van der Waals surface area contributed by atoms with Crippen molar-refractivity contribution in [2.75, 3.05) is 6.61 Å². The summed E-state index contributed by atoms with van der Waals surface area (Å²) in [6.45, 7) is 10.7. The van der Waals surface area contributed by atoms with Crippen molar-refractivity contribution in [1.29, 1.82) is 0 Å². The van der Waals surface area contributed by atoms with E-state index in [2.05, 4.69) is 25.1 Å². The number of hydrogen-bond acceptors (Lipinski definition) is 5. The highest BCUT2D eigenvalue weighted by Gasteiger charge is 2.52. The zero-order valence-electron chi connectivity index (χ0n) is 27.9. The van der Waals surface area contributed by atoms with Crippen molar-refractivity contribution in [3.8, 4) is 28.6 Å². The van der Waals surface area contributed by atoms with E-state index >= 15 is 0 Å². The average Bonchev–Trinajstić information content (AvgIpc) is 3.53. The van der Waals surface area contributed by atoms with Crippen LogP contribution in [0.1, 0.15) is 29.7 Å². The van der Waals surface area contributed by atoms with Crippen LogP contribution in [0.3, 0.4) is 0 Å². The quantitative estimate of drug-likeness (QED) is 0.144. The lowest BCUT2D eigenvalue weighted by Crippen LogP contribution is -2.46. The Morgan fingerprint density at radius 2 is 0.860 bits per heavy atom. The standard InChI is InChI=1S/C38H33BrF2N2O3P2S2/c1-6-44-32-21-15-31(16-22-32)43-25(4)37-38(26(43)5)48(50,46-34-19-11-29(41)12-20-34)36-24(3)42(30-13-7-27(39)8-14-30)23(2)35(36)47(37,49)45-33-17-9-28(40)10-18-33/h7-22H,6H2,1-5H3. The van der Waals surface area contributed by atoms with Crippen LogP contribution in [0.25, 0.3) is 11.4 Å². The molecule has 6 aromatic rings. The third-order valence-corrected chi connectivity index (χ3v) is 17.9. The summed E-state index contributed by atoms with van der Waals surface area (Å²) in [5, 5.41) is 3.28. The Labute approximate surface area is 309 Å². The van der Waals surface area contributed by atoms with E-state index in [1.165, 1.54) is 24.3 Å². The van der Waals surface area contributed by atoms with E-state index in [0.29, 0.717) is 18.1 Å². The lowest BCUT2D eigenvalue weighted by Gasteiger charge is -2.36. The largest absolute Gasteiger partial charge is 0.494 e. The molecule has 0 aliphatic carbocycles. The van der Waals surface area contributed by atoms with Crippen LogP contribution in [-0.2, 0) is 23.6 Å². The second-order valence-corrected chi connectivity index (χ2v) is 20.4. The number of fused-ring (bicyclic) bond motifs is 2. The zero-order chi connectivity index (χ0) is 35.5. The maximum absolute atomic E-state index is 14.2. The number of hydrogen-bond donors (Lipinski definition) is 0.